The normalized spacial score (nSPS) is 10.5. The molecule has 1 heterocycles. The van der Waals surface area contributed by atoms with Gasteiger partial charge in [0.1, 0.15) is 0 Å². The molecule has 25 heavy (non-hydrogen) atoms. The first-order chi connectivity index (χ1) is 12.1. The van der Waals surface area contributed by atoms with Crippen LogP contribution in [0.2, 0.25) is 0 Å². The van der Waals surface area contributed by atoms with Gasteiger partial charge >= 0.3 is 0 Å². The van der Waals surface area contributed by atoms with Crippen molar-refractivity contribution in [1.29, 1.82) is 0 Å². The summed E-state index contributed by atoms with van der Waals surface area (Å²) in [6, 6.07) is 16.6. The highest BCUT2D eigenvalue weighted by Gasteiger charge is 2.11. The van der Waals surface area contributed by atoms with Crippen LogP contribution < -0.4 is 10.6 Å². The molecule has 0 saturated carbocycles. The molecule has 2 amide bonds. The van der Waals surface area contributed by atoms with Gasteiger partial charge < -0.3 is 10.6 Å². The van der Waals surface area contributed by atoms with Gasteiger partial charge in [-0.25, -0.2) is 0 Å². The van der Waals surface area contributed by atoms with Gasteiger partial charge in [0.05, 0.1) is 11.1 Å². The van der Waals surface area contributed by atoms with E-state index in [0.717, 1.165) is 22.2 Å². The third-order valence-corrected chi connectivity index (χ3v) is 3.99. The predicted octanol–water partition coefficient (Wildman–Crippen LogP) is 2.83. The molecule has 2 N–H and O–H groups in total. The molecule has 3 rings (SSSR count). The summed E-state index contributed by atoms with van der Waals surface area (Å²) in [5.41, 5.74) is 3.75. The first kappa shape index (κ1) is 16.6. The van der Waals surface area contributed by atoms with Crippen LogP contribution in [-0.2, 0) is 6.54 Å². The number of carbonyl (C=O) groups excluding carboxylic acids is 2. The minimum atomic E-state index is -0.142. The van der Waals surface area contributed by atoms with Gasteiger partial charge in [-0.05, 0) is 36.8 Å². The Balaban J connectivity index is 1.76. The van der Waals surface area contributed by atoms with Gasteiger partial charge in [0.2, 0.25) is 0 Å². The van der Waals surface area contributed by atoms with E-state index in [9.17, 15) is 9.59 Å². The molecule has 0 aliphatic carbocycles. The molecule has 1 aromatic heterocycles. The van der Waals surface area contributed by atoms with Gasteiger partial charge in [0.15, 0.2) is 0 Å². The SMILES string of the molecule is CNC(=O)c1ccc(CNC(=O)c2cc(C)nc3ccccc23)cc1. The van der Waals surface area contributed by atoms with Crippen molar-refractivity contribution in [2.75, 3.05) is 7.05 Å². The Labute approximate surface area is 146 Å². The maximum Gasteiger partial charge on any atom is 0.252 e. The van der Waals surface area contributed by atoms with Gasteiger partial charge in [-0.15, -0.1) is 0 Å². The quantitative estimate of drug-likeness (QED) is 0.771. The van der Waals surface area contributed by atoms with E-state index in [1.807, 2.05) is 43.3 Å². The van der Waals surface area contributed by atoms with Gasteiger partial charge in [-0.3, -0.25) is 14.6 Å². The average Bonchev–Trinajstić information content (AvgIpc) is 2.65. The topological polar surface area (TPSA) is 71.1 Å². The lowest BCUT2D eigenvalue weighted by molar-refractivity contribution is 0.0947. The fraction of sp³-hybridized carbons (Fsp3) is 0.150. The van der Waals surface area contributed by atoms with Crippen molar-refractivity contribution in [1.82, 2.24) is 15.6 Å². The number of fused-ring (bicyclic) bond motifs is 1. The number of para-hydroxylation sites is 1. The second-order valence-electron chi connectivity index (χ2n) is 5.79. The standard InChI is InChI=1S/C20H19N3O2/c1-13-11-17(16-5-3-4-6-18(16)23-13)20(25)22-12-14-7-9-15(10-8-14)19(24)21-2/h3-11H,12H2,1-2H3,(H,21,24)(H,22,25). The van der Waals surface area contributed by atoms with Gasteiger partial charge in [-0.1, -0.05) is 30.3 Å². The number of aryl methyl sites for hydroxylation is 1. The summed E-state index contributed by atoms with van der Waals surface area (Å²) in [6.45, 7) is 2.27. The lowest BCUT2D eigenvalue weighted by Gasteiger charge is -2.09. The van der Waals surface area contributed by atoms with Crippen LogP contribution in [-0.4, -0.2) is 23.8 Å². The minimum absolute atomic E-state index is 0.130. The monoisotopic (exact) mass is 333 g/mol. The van der Waals surface area contributed by atoms with Crippen molar-refractivity contribution in [2.24, 2.45) is 0 Å². The Morgan fingerprint density at radius 2 is 1.72 bits per heavy atom. The highest BCUT2D eigenvalue weighted by atomic mass is 16.2. The number of benzene rings is 2. The van der Waals surface area contributed by atoms with E-state index in [1.54, 1.807) is 25.2 Å². The molecular weight excluding hydrogens is 314 g/mol. The maximum absolute atomic E-state index is 12.6. The van der Waals surface area contributed by atoms with E-state index < -0.39 is 0 Å². The van der Waals surface area contributed by atoms with Crippen molar-refractivity contribution < 1.29 is 9.59 Å². The molecule has 0 fully saturated rings. The summed E-state index contributed by atoms with van der Waals surface area (Å²) in [7, 11) is 1.59. The molecule has 0 spiro atoms. The van der Waals surface area contributed by atoms with Gasteiger partial charge in [0.25, 0.3) is 11.8 Å². The van der Waals surface area contributed by atoms with E-state index in [-0.39, 0.29) is 11.8 Å². The lowest BCUT2D eigenvalue weighted by Crippen LogP contribution is -2.23. The fourth-order valence-corrected chi connectivity index (χ4v) is 2.69. The number of hydrogen-bond donors (Lipinski definition) is 2. The number of carbonyl (C=O) groups is 2. The van der Waals surface area contributed by atoms with Crippen LogP contribution in [0.25, 0.3) is 10.9 Å². The molecule has 2 aromatic carbocycles. The first-order valence-corrected chi connectivity index (χ1v) is 8.04. The molecular formula is C20H19N3O2. The Kier molecular flexibility index (Phi) is 4.75. The summed E-state index contributed by atoms with van der Waals surface area (Å²) in [5, 5.41) is 6.34. The van der Waals surface area contributed by atoms with Gasteiger partial charge in [0, 0.05) is 30.2 Å². The maximum atomic E-state index is 12.6. The molecule has 3 aromatic rings. The van der Waals surface area contributed by atoms with Gasteiger partial charge in [-0.2, -0.15) is 0 Å². The summed E-state index contributed by atoms with van der Waals surface area (Å²) in [5.74, 6) is -0.272. The lowest BCUT2D eigenvalue weighted by atomic mass is 10.1. The zero-order valence-corrected chi connectivity index (χ0v) is 14.2. The van der Waals surface area contributed by atoms with Crippen molar-refractivity contribution in [3.63, 3.8) is 0 Å². The van der Waals surface area contributed by atoms with E-state index in [2.05, 4.69) is 15.6 Å². The second-order valence-corrected chi connectivity index (χ2v) is 5.79. The first-order valence-electron chi connectivity index (χ1n) is 8.04. The van der Waals surface area contributed by atoms with Crippen LogP contribution >= 0.6 is 0 Å². The number of rotatable bonds is 4. The van der Waals surface area contributed by atoms with E-state index >= 15 is 0 Å². The Bertz CT molecular complexity index is 933. The van der Waals surface area contributed by atoms with Crippen LogP contribution in [0.5, 0.6) is 0 Å². The number of pyridine rings is 1. The smallest absolute Gasteiger partial charge is 0.252 e. The number of aromatic nitrogens is 1. The Hall–Kier alpha value is -3.21. The van der Waals surface area contributed by atoms with Crippen molar-refractivity contribution >= 4 is 22.7 Å². The molecule has 0 saturated heterocycles. The van der Waals surface area contributed by atoms with E-state index in [4.69, 9.17) is 0 Å². The molecule has 0 bridgehead atoms. The molecule has 5 nitrogen and oxygen atoms in total. The number of hydrogen-bond acceptors (Lipinski definition) is 3. The summed E-state index contributed by atoms with van der Waals surface area (Å²) >= 11 is 0. The van der Waals surface area contributed by atoms with Crippen LogP contribution in [0, 0.1) is 6.92 Å². The molecule has 0 unspecified atom stereocenters. The Morgan fingerprint density at radius 1 is 1.00 bits per heavy atom. The predicted molar refractivity (Wildman–Crippen MR) is 97.5 cm³/mol. The van der Waals surface area contributed by atoms with E-state index in [0.29, 0.717) is 17.7 Å². The number of nitrogens with one attached hydrogen (secondary N) is 2. The summed E-state index contributed by atoms with van der Waals surface area (Å²) in [6.07, 6.45) is 0. The van der Waals surface area contributed by atoms with Crippen LogP contribution in [0.1, 0.15) is 32.0 Å². The summed E-state index contributed by atoms with van der Waals surface area (Å²) < 4.78 is 0. The molecule has 0 radical (unpaired) electrons. The molecule has 0 atom stereocenters. The largest absolute Gasteiger partial charge is 0.355 e. The zero-order chi connectivity index (χ0) is 17.8. The summed E-state index contributed by atoms with van der Waals surface area (Å²) in [4.78, 5) is 28.6. The highest BCUT2D eigenvalue weighted by Crippen LogP contribution is 2.18. The van der Waals surface area contributed by atoms with E-state index in [1.165, 1.54) is 0 Å². The second kappa shape index (κ2) is 7.13. The third-order valence-electron chi connectivity index (χ3n) is 3.99. The van der Waals surface area contributed by atoms with Crippen LogP contribution in [0.3, 0.4) is 0 Å². The Morgan fingerprint density at radius 3 is 2.44 bits per heavy atom. The van der Waals surface area contributed by atoms with Crippen molar-refractivity contribution in [3.8, 4) is 0 Å². The zero-order valence-electron chi connectivity index (χ0n) is 14.2. The van der Waals surface area contributed by atoms with Crippen LogP contribution in [0.15, 0.2) is 54.6 Å². The highest BCUT2D eigenvalue weighted by molar-refractivity contribution is 6.06. The average molecular weight is 333 g/mol. The third kappa shape index (κ3) is 3.66. The number of amides is 2. The van der Waals surface area contributed by atoms with Crippen molar-refractivity contribution in [2.45, 2.75) is 13.5 Å². The molecule has 0 aliphatic rings. The fourth-order valence-electron chi connectivity index (χ4n) is 2.69. The molecule has 126 valence electrons. The molecule has 0 aliphatic heterocycles. The number of nitrogens with zero attached hydrogens (tertiary/aromatic N) is 1. The van der Waals surface area contributed by atoms with Crippen molar-refractivity contribution in [3.05, 3.63) is 77.0 Å². The van der Waals surface area contributed by atoms with Crippen LogP contribution in [0.4, 0.5) is 0 Å². The minimum Gasteiger partial charge on any atom is -0.355 e. The molecule has 5 heteroatoms.